The van der Waals surface area contributed by atoms with Crippen LogP contribution in [-0.2, 0) is 21.1 Å². The summed E-state index contributed by atoms with van der Waals surface area (Å²) in [7, 11) is 0. The fraction of sp³-hybridized carbons (Fsp3) is 0. The molecule has 0 aromatic rings. The molecule has 0 aromatic heterocycles. The van der Waals surface area contributed by atoms with Gasteiger partial charge in [-0.2, -0.15) is 0 Å². The van der Waals surface area contributed by atoms with Crippen molar-refractivity contribution in [1.29, 1.82) is 0 Å². The van der Waals surface area contributed by atoms with E-state index in [-0.39, 0.29) is 54.7 Å². The van der Waals surface area contributed by atoms with Crippen molar-refractivity contribution in [2.75, 3.05) is 0 Å². The maximum Gasteiger partial charge on any atom is 0 e. The molecule has 0 aliphatic rings. The third kappa shape index (κ3) is 47.8. The van der Waals surface area contributed by atoms with Crippen LogP contribution in [0.25, 0.3) is 0 Å². The van der Waals surface area contributed by atoms with E-state index >= 15 is 0 Å². The Kier molecular flexibility index (Phi) is 2780. The Morgan fingerprint density at radius 3 is 0.400 bits per heavy atom. The van der Waals surface area contributed by atoms with Gasteiger partial charge in [-0.25, -0.2) is 0 Å². The smallest absolute Gasteiger partial charge is 0 e. The summed E-state index contributed by atoms with van der Waals surface area (Å²) in [5.41, 5.74) is 0. The molecule has 0 aliphatic heterocycles. The van der Waals surface area contributed by atoms with Gasteiger partial charge in [0, 0.05) is 54.7 Å². The zero-order valence-electron chi connectivity index (χ0n) is 2.72. The number of hydrogen-bond acceptors (Lipinski definition) is 0. The van der Waals surface area contributed by atoms with Gasteiger partial charge in [0.2, 0.25) is 0 Å². The van der Waals surface area contributed by atoms with Crippen molar-refractivity contribution >= 4 is 33.7 Å². The summed E-state index contributed by atoms with van der Waals surface area (Å²) < 4.78 is 0. The molecule has 5 heteroatoms. The van der Waals surface area contributed by atoms with Crippen molar-refractivity contribution in [2.45, 2.75) is 0 Å². The minimum Gasteiger partial charge on any atom is 0 e. The topological polar surface area (TPSA) is 0 Å². The summed E-state index contributed by atoms with van der Waals surface area (Å²) >= 11 is 0. The van der Waals surface area contributed by atoms with Crippen LogP contribution in [0.3, 0.4) is 0 Å². The van der Waals surface area contributed by atoms with Gasteiger partial charge in [0.15, 0.2) is 0 Å². The summed E-state index contributed by atoms with van der Waals surface area (Å²) in [6, 6.07) is 0. The number of rotatable bonds is 0. The first-order valence-electron chi connectivity index (χ1n) is 0. The van der Waals surface area contributed by atoms with Gasteiger partial charge in [-0.05, 0) is 0 Å². The Labute approximate surface area is 55.0 Å². The molecule has 0 bridgehead atoms. The molecule has 12 radical (unpaired) electrons. The Balaban J connectivity index is 0. The maximum atomic E-state index is 0. The van der Waals surface area contributed by atoms with Crippen LogP contribution >= 0.6 is 0 Å². The van der Waals surface area contributed by atoms with Crippen LogP contribution in [0.1, 0.15) is 0 Å². The Hall–Kier alpha value is 0.948. The van der Waals surface area contributed by atoms with Crippen LogP contribution in [0.5, 0.6) is 0 Å². The zero-order valence-corrected chi connectivity index (χ0v) is 4.72. The fourth-order valence-electron chi connectivity index (χ4n) is 0. The van der Waals surface area contributed by atoms with Gasteiger partial charge in [0.25, 0.3) is 0 Å². The molecule has 18 valence electrons. The molecule has 0 nitrogen and oxygen atoms in total. The molecule has 0 atom stereocenters. The number of hydrogen-bond donors (Lipinski definition) is 0. The largest absolute Gasteiger partial charge is 0 e. The maximum absolute atomic E-state index is 0. The van der Waals surface area contributed by atoms with Gasteiger partial charge >= 0.3 is 0 Å². The van der Waals surface area contributed by atoms with Gasteiger partial charge in [0.05, 0.1) is 0 Å². The molecule has 5 heavy (non-hydrogen) atoms. The molecule has 0 aliphatic carbocycles. The summed E-state index contributed by atoms with van der Waals surface area (Å²) in [5, 5.41) is 0. The molecule has 0 N–H and O–H groups in total. The van der Waals surface area contributed by atoms with E-state index in [0.717, 1.165) is 0 Å². The van der Waals surface area contributed by atoms with Crippen LogP contribution in [0, 0.1) is 0 Å². The van der Waals surface area contributed by atoms with Gasteiger partial charge in [-0.15, -0.1) is 0 Å². The first-order chi connectivity index (χ1) is 0. The summed E-state index contributed by atoms with van der Waals surface area (Å²) in [4.78, 5) is 0. The van der Waals surface area contributed by atoms with Gasteiger partial charge in [-0.3, -0.25) is 0 Å². The molecular formula is B4Mo. The standard InChI is InChI=1S/4B.Mo. The van der Waals surface area contributed by atoms with Crippen molar-refractivity contribution in [3.05, 3.63) is 0 Å². The molecule has 0 saturated carbocycles. The van der Waals surface area contributed by atoms with Crippen LogP contribution in [0.15, 0.2) is 0 Å². The van der Waals surface area contributed by atoms with E-state index in [1.54, 1.807) is 0 Å². The minimum absolute atomic E-state index is 0. The average molecular weight is 139 g/mol. The van der Waals surface area contributed by atoms with E-state index in [0.29, 0.717) is 0 Å². The average Bonchev–Trinajstić information content (AvgIpc) is 0. The predicted molar refractivity (Wildman–Crippen MR) is 23.0 cm³/mol. The van der Waals surface area contributed by atoms with Crippen LogP contribution in [0.4, 0.5) is 0 Å². The molecular weight excluding hydrogens is 139 g/mol. The van der Waals surface area contributed by atoms with Gasteiger partial charge in [-0.1, -0.05) is 0 Å². The second kappa shape index (κ2) is 85.8. The van der Waals surface area contributed by atoms with E-state index in [1.165, 1.54) is 0 Å². The van der Waals surface area contributed by atoms with Crippen molar-refractivity contribution in [1.82, 2.24) is 0 Å². The van der Waals surface area contributed by atoms with Crippen LogP contribution in [0.2, 0.25) is 0 Å². The van der Waals surface area contributed by atoms with Gasteiger partial charge < -0.3 is 0 Å². The first-order valence-corrected chi connectivity index (χ1v) is 0. The van der Waals surface area contributed by atoms with Crippen molar-refractivity contribution in [3.63, 3.8) is 0 Å². The molecule has 0 unspecified atom stereocenters. The van der Waals surface area contributed by atoms with Crippen molar-refractivity contribution < 1.29 is 21.1 Å². The second-order valence-corrected chi connectivity index (χ2v) is 0. The Morgan fingerprint density at radius 2 is 0.400 bits per heavy atom. The first kappa shape index (κ1) is 162. The SMILES string of the molecule is [B].[B].[B].[B].[Mo]. The van der Waals surface area contributed by atoms with Crippen LogP contribution < -0.4 is 0 Å². The molecule has 0 heterocycles. The van der Waals surface area contributed by atoms with Crippen molar-refractivity contribution in [2.24, 2.45) is 0 Å². The van der Waals surface area contributed by atoms with E-state index < -0.39 is 0 Å². The second-order valence-electron chi connectivity index (χ2n) is 0. The van der Waals surface area contributed by atoms with Crippen molar-refractivity contribution in [3.8, 4) is 0 Å². The third-order valence-corrected chi connectivity index (χ3v) is 0. The summed E-state index contributed by atoms with van der Waals surface area (Å²) in [5.74, 6) is 0. The molecule has 0 spiro atoms. The quantitative estimate of drug-likeness (QED) is 0.357. The Morgan fingerprint density at radius 1 is 0.400 bits per heavy atom. The zero-order chi connectivity index (χ0) is 0. The van der Waals surface area contributed by atoms with E-state index in [1.807, 2.05) is 0 Å². The summed E-state index contributed by atoms with van der Waals surface area (Å²) in [6.07, 6.45) is 0. The van der Waals surface area contributed by atoms with Crippen LogP contribution in [-0.4, -0.2) is 33.7 Å². The third-order valence-electron chi connectivity index (χ3n) is 0. The van der Waals surface area contributed by atoms with E-state index in [9.17, 15) is 0 Å². The molecule has 0 saturated heterocycles. The minimum atomic E-state index is 0. The normalized spacial score (nSPS) is 0. The van der Waals surface area contributed by atoms with E-state index in [2.05, 4.69) is 0 Å². The molecule has 0 rings (SSSR count). The molecule has 0 aromatic carbocycles. The Bertz CT molecular complexity index is 3.61. The van der Waals surface area contributed by atoms with Gasteiger partial charge in [0.1, 0.15) is 0 Å². The van der Waals surface area contributed by atoms with E-state index in [4.69, 9.17) is 0 Å². The fourth-order valence-corrected chi connectivity index (χ4v) is 0. The molecule has 0 fully saturated rings. The predicted octanol–water partition coefficient (Wildman–Crippen LogP) is -1.53. The molecule has 0 amide bonds. The monoisotopic (exact) mass is 142 g/mol. The summed E-state index contributed by atoms with van der Waals surface area (Å²) in [6.45, 7) is 0.